The fraction of sp³-hybridized carbons (Fsp3) is 0.455. The standard InChI is InChI=1S/C11H14N4O4/c1-11(2,3)19-10(16)12-6-4-5-8-13-7-9(14-8)15(17)18/h7H,6H2,1-3H3,(H,12,16)(H,13,14). The first-order valence-corrected chi connectivity index (χ1v) is 5.43. The van der Waals surface area contributed by atoms with Crippen molar-refractivity contribution in [2.24, 2.45) is 0 Å². The third-order valence-corrected chi connectivity index (χ3v) is 1.69. The molecule has 8 heteroatoms. The van der Waals surface area contributed by atoms with Gasteiger partial charge in [-0.1, -0.05) is 5.92 Å². The van der Waals surface area contributed by atoms with Gasteiger partial charge in [-0.3, -0.25) is 0 Å². The fourth-order valence-corrected chi connectivity index (χ4v) is 1.03. The maximum Gasteiger partial charge on any atom is 0.408 e. The number of carbonyl (C=O) groups is 1. The topological polar surface area (TPSA) is 110 Å². The normalized spacial score (nSPS) is 10.3. The molecule has 0 saturated heterocycles. The van der Waals surface area contributed by atoms with Crippen LogP contribution in [0.3, 0.4) is 0 Å². The maximum absolute atomic E-state index is 11.2. The first-order chi connectivity index (χ1) is 8.78. The summed E-state index contributed by atoms with van der Waals surface area (Å²) in [7, 11) is 0. The Morgan fingerprint density at radius 3 is 2.84 bits per heavy atom. The molecule has 19 heavy (non-hydrogen) atoms. The molecule has 0 fully saturated rings. The molecule has 0 atom stereocenters. The molecular formula is C11H14N4O4. The lowest BCUT2D eigenvalue weighted by atomic mass is 10.2. The van der Waals surface area contributed by atoms with E-state index in [1.54, 1.807) is 20.8 Å². The monoisotopic (exact) mass is 266 g/mol. The van der Waals surface area contributed by atoms with Crippen molar-refractivity contribution < 1.29 is 14.5 Å². The number of nitrogens with zero attached hydrogens (tertiary/aromatic N) is 2. The first-order valence-electron chi connectivity index (χ1n) is 5.43. The number of nitrogens with one attached hydrogen (secondary N) is 2. The van der Waals surface area contributed by atoms with Crippen molar-refractivity contribution in [3.05, 3.63) is 22.1 Å². The molecule has 0 bridgehead atoms. The molecule has 0 saturated carbocycles. The quantitative estimate of drug-likeness (QED) is 0.474. The van der Waals surface area contributed by atoms with Crippen LogP contribution in [0.4, 0.5) is 10.6 Å². The summed E-state index contributed by atoms with van der Waals surface area (Å²) in [4.78, 5) is 27.1. The average Bonchev–Trinajstić information content (AvgIpc) is 2.70. The van der Waals surface area contributed by atoms with Gasteiger partial charge in [-0.15, -0.1) is 0 Å². The predicted molar refractivity (Wildman–Crippen MR) is 66.4 cm³/mol. The van der Waals surface area contributed by atoms with Crippen molar-refractivity contribution >= 4 is 11.9 Å². The van der Waals surface area contributed by atoms with Gasteiger partial charge in [0.2, 0.25) is 0 Å². The van der Waals surface area contributed by atoms with Crippen molar-refractivity contribution in [2.45, 2.75) is 26.4 Å². The average molecular weight is 266 g/mol. The molecule has 102 valence electrons. The summed E-state index contributed by atoms with van der Waals surface area (Å²) >= 11 is 0. The summed E-state index contributed by atoms with van der Waals surface area (Å²) < 4.78 is 4.99. The minimum absolute atomic E-state index is 0.0589. The van der Waals surface area contributed by atoms with E-state index in [-0.39, 0.29) is 18.2 Å². The highest BCUT2D eigenvalue weighted by Crippen LogP contribution is 2.06. The van der Waals surface area contributed by atoms with Crippen LogP contribution in [0.2, 0.25) is 0 Å². The smallest absolute Gasteiger partial charge is 0.408 e. The fourth-order valence-electron chi connectivity index (χ4n) is 1.03. The van der Waals surface area contributed by atoms with E-state index < -0.39 is 16.6 Å². The molecule has 0 aromatic carbocycles. The number of aromatic amines is 1. The Balaban J connectivity index is 2.43. The lowest BCUT2D eigenvalue weighted by Crippen LogP contribution is -2.32. The van der Waals surface area contributed by atoms with E-state index in [1.165, 1.54) is 0 Å². The minimum Gasteiger partial charge on any atom is -0.444 e. The number of hydrogen-bond donors (Lipinski definition) is 2. The van der Waals surface area contributed by atoms with Crippen LogP contribution in [0, 0.1) is 22.0 Å². The number of ether oxygens (including phenoxy) is 1. The summed E-state index contributed by atoms with van der Waals surface area (Å²) in [5.41, 5.74) is -0.570. The van der Waals surface area contributed by atoms with Crippen LogP contribution in [0.15, 0.2) is 6.20 Å². The molecule has 0 aliphatic rings. The van der Waals surface area contributed by atoms with Gasteiger partial charge in [0.1, 0.15) is 11.8 Å². The molecule has 1 amide bonds. The van der Waals surface area contributed by atoms with Crippen LogP contribution in [-0.4, -0.2) is 33.1 Å². The number of rotatable bonds is 2. The number of hydrogen-bond acceptors (Lipinski definition) is 5. The molecule has 0 spiro atoms. The SMILES string of the molecule is CC(C)(C)OC(=O)NCC#Cc1ncc([N+](=O)[O-])[nH]1. The highest BCUT2D eigenvalue weighted by atomic mass is 16.6. The van der Waals surface area contributed by atoms with E-state index in [1.807, 2.05) is 0 Å². The minimum atomic E-state index is -0.600. The van der Waals surface area contributed by atoms with Gasteiger partial charge in [0.15, 0.2) is 0 Å². The van der Waals surface area contributed by atoms with E-state index in [2.05, 4.69) is 27.1 Å². The van der Waals surface area contributed by atoms with Crippen molar-refractivity contribution in [2.75, 3.05) is 6.54 Å². The van der Waals surface area contributed by atoms with Gasteiger partial charge in [-0.25, -0.2) is 14.8 Å². The largest absolute Gasteiger partial charge is 0.444 e. The zero-order chi connectivity index (χ0) is 14.5. The number of H-pyrrole nitrogens is 1. The number of aromatic nitrogens is 2. The first kappa shape index (κ1) is 14.5. The number of amides is 1. The zero-order valence-electron chi connectivity index (χ0n) is 10.8. The summed E-state index contributed by atoms with van der Waals surface area (Å²) in [6.07, 6.45) is 0.498. The molecule has 1 aromatic heterocycles. The van der Waals surface area contributed by atoms with E-state index in [0.717, 1.165) is 6.20 Å². The second-order valence-corrected chi connectivity index (χ2v) is 4.53. The van der Waals surface area contributed by atoms with Gasteiger partial charge >= 0.3 is 11.9 Å². The van der Waals surface area contributed by atoms with E-state index >= 15 is 0 Å². The lowest BCUT2D eigenvalue weighted by Gasteiger charge is -2.18. The van der Waals surface area contributed by atoms with Crippen LogP contribution in [0.25, 0.3) is 0 Å². The van der Waals surface area contributed by atoms with Gasteiger partial charge in [-0.05, 0) is 31.6 Å². The Kier molecular flexibility index (Phi) is 4.47. The number of carbonyl (C=O) groups excluding carboxylic acids is 1. The molecular weight excluding hydrogens is 252 g/mol. The van der Waals surface area contributed by atoms with Crippen molar-refractivity contribution in [1.29, 1.82) is 0 Å². The van der Waals surface area contributed by atoms with Crippen molar-refractivity contribution in [3.63, 3.8) is 0 Å². The molecule has 1 aromatic rings. The second-order valence-electron chi connectivity index (χ2n) is 4.53. The number of nitro groups is 1. The summed E-state index contributed by atoms with van der Waals surface area (Å²) in [5.74, 6) is 5.07. The Labute approximate surface area is 109 Å². The Morgan fingerprint density at radius 2 is 2.32 bits per heavy atom. The van der Waals surface area contributed by atoms with Gasteiger partial charge in [0.25, 0.3) is 5.82 Å². The van der Waals surface area contributed by atoms with E-state index in [4.69, 9.17) is 4.74 Å². The van der Waals surface area contributed by atoms with Crippen LogP contribution in [0.5, 0.6) is 0 Å². The molecule has 2 N–H and O–H groups in total. The van der Waals surface area contributed by atoms with Gasteiger partial charge in [0.05, 0.1) is 6.54 Å². The van der Waals surface area contributed by atoms with Gasteiger partial charge < -0.3 is 20.2 Å². The summed E-state index contributed by atoms with van der Waals surface area (Å²) in [6.45, 7) is 5.31. The molecule has 8 nitrogen and oxygen atoms in total. The third kappa shape index (κ3) is 5.54. The van der Waals surface area contributed by atoms with Gasteiger partial charge in [-0.2, -0.15) is 0 Å². The number of imidazole rings is 1. The number of alkyl carbamates (subject to hydrolysis) is 1. The summed E-state index contributed by atoms with van der Waals surface area (Å²) in [6, 6.07) is 0. The van der Waals surface area contributed by atoms with Crippen molar-refractivity contribution in [3.8, 4) is 11.8 Å². The molecule has 1 heterocycles. The van der Waals surface area contributed by atoms with Crippen molar-refractivity contribution in [1.82, 2.24) is 15.3 Å². The van der Waals surface area contributed by atoms with Crippen LogP contribution >= 0.6 is 0 Å². The molecule has 0 radical (unpaired) electrons. The molecule has 1 rings (SSSR count). The predicted octanol–water partition coefficient (Wildman–Crippen LogP) is 1.19. The summed E-state index contributed by atoms with van der Waals surface area (Å²) in [5, 5.41) is 12.8. The highest BCUT2D eigenvalue weighted by molar-refractivity contribution is 5.68. The van der Waals surface area contributed by atoms with E-state index in [9.17, 15) is 14.9 Å². The molecule has 0 aliphatic heterocycles. The maximum atomic E-state index is 11.2. The Bertz CT molecular complexity index is 533. The zero-order valence-corrected chi connectivity index (χ0v) is 10.8. The van der Waals surface area contributed by atoms with Gasteiger partial charge in [0, 0.05) is 0 Å². The van der Waals surface area contributed by atoms with Crippen LogP contribution in [-0.2, 0) is 4.74 Å². The molecule has 0 unspecified atom stereocenters. The molecule has 0 aliphatic carbocycles. The van der Waals surface area contributed by atoms with Crippen LogP contribution in [0.1, 0.15) is 26.6 Å². The van der Waals surface area contributed by atoms with Crippen LogP contribution < -0.4 is 5.32 Å². The van der Waals surface area contributed by atoms with E-state index in [0.29, 0.717) is 0 Å². The Morgan fingerprint density at radius 1 is 1.63 bits per heavy atom. The lowest BCUT2D eigenvalue weighted by molar-refractivity contribution is -0.389. The Hall–Kier alpha value is -2.56. The second kappa shape index (κ2) is 5.86. The highest BCUT2D eigenvalue weighted by Gasteiger charge is 2.15. The third-order valence-electron chi connectivity index (χ3n) is 1.69.